The lowest BCUT2D eigenvalue weighted by atomic mass is 10.3. The fourth-order valence-electron chi connectivity index (χ4n) is 0.700. The normalized spacial score (nSPS) is 10.1. The first kappa shape index (κ1) is 9.90. The molecule has 0 radical (unpaired) electrons. The van der Waals surface area contributed by atoms with Crippen molar-refractivity contribution >= 4 is 34.8 Å². The minimum absolute atomic E-state index is 0.00312. The van der Waals surface area contributed by atoms with Gasteiger partial charge >= 0.3 is 0 Å². The van der Waals surface area contributed by atoms with Gasteiger partial charge in [0.05, 0.1) is 17.2 Å². The molecule has 0 bridgehead atoms. The van der Waals surface area contributed by atoms with E-state index in [1.165, 1.54) is 13.2 Å². The van der Waals surface area contributed by atoms with Crippen LogP contribution in [0.2, 0.25) is 15.1 Å². The molecule has 0 unspecified atom stereocenters. The maximum Gasteiger partial charge on any atom is 0.185 e. The Labute approximate surface area is 84.0 Å². The van der Waals surface area contributed by atoms with Gasteiger partial charge in [-0.15, -0.1) is 0 Å². The Bertz CT molecular complexity index is 314. The number of methoxy groups -OCH3 is 1. The minimum Gasteiger partial charge on any atom is -0.494 e. The van der Waals surface area contributed by atoms with Crippen LogP contribution < -0.4 is 4.74 Å². The monoisotopic (exact) mass is 228 g/mol. The van der Waals surface area contributed by atoms with E-state index >= 15 is 0 Å². The van der Waals surface area contributed by atoms with E-state index in [0.717, 1.165) is 0 Å². The zero-order valence-corrected chi connectivity index (χ0v) is 8.27. The Kier molecular flexibility index (Phi) is 3.04. The predicted octanol–water partition coefficient (Wildman–Crippen LogP) is 3.79. The summed E-state index contributed by atoms with van der Waals surface area (Å²) >= 11 is 16.7. The highest BCUT2D eigenvalue weighted by molar-refractivity contribution is 6.48. The molecular formula is C7H4Cl3FO. The molecule has 0 aliphatic rings. The van der Waals surface area contributed by atoms with Gasteiger partial charge in [0, 0.05) is 6.07 Å². The second-order valence-corrected chi connectivity index (χ2v) is 3.17. The topological polar surface area (TPSA) is 9.23 Å². The molecule has 0 saturated heterocycles. The zero-order chi connectivity index (χ0) is 9.30. The largest absolute Gasteiger partial charge is 0.494 e. The number of ether oxygens (including phenoxy) is 1. The molecule has 66 valence electrons. The van der Waals surface area contributed by atoms with Gasteiger partial charge in [-0.2, -0.15) is 0 Å². The highest BCUT2D eigenvalue weighted by atomic mass is 35.5. The standard InChI is InChI=1S/C7H4Cl3FO/c1-12-4-2-3(8)5(9)6(10)7(4)11/h2H,1H3. The molecule has 5 heteroatoms. The highest BCUT2D eigenvalue weighted by Crippen LogP contribution is 2.37. The van der Waals surface area contributed by atoms with Crippen molar-refractivity contribution in [3.8, 4) is 5.75 Å². The van der Waals surface area contributed by atoms with Crippen LogP contribution in [0.1, 0.15) is 0 Å². The van der Waals surface area contributed by atoms with E-state index in [2.05, 4.69) is 4.74 Å². The van der Waals surface area contributed by atoms with Gasteiger partial charge in [0.2, 0.25) is 0 Å². The Balaban J connectivity index is 3.39. The van der Waals surface area contributed by atoms with Crippen molar-refractivity contribution in [3.63, 3.8) is 0 Å². The number of halogens is 4. The smallest absolute Gasteiger partial charge is 0.185 e. The third kappa shape index (κ3) is 1.60. The minimum atomic E-state index is -0.700. The maximum atomic E-state index is 13.0. The van der Waals surface area contributed by atoms with Crippen LogP contribution in [0.25, 0.3) is 0 Å². The van der Waals surface area contributed by atoms with Gasteiger partial charge in [-0.3, -0.25) is 0 Å². The zero-order valence-electron chi connectivity index (χ0n) is 6.00. The van der Waals surface area contributed by atoms with E-state index in [4.69, 9.17) is 34.8 Å². The average Bonchev–Trinajstić information content (AvgIpc) is 2.08. The predicted molar refractivity (Wildman–Crippen MR) is 48.0 cm³/mol. The van der Waals surface area contributed by atoms with Crippen LogP contribution in [0.4, 0.5) is 4.39 Å². The SMILES string of the molecule is COc1cc(Cl)c(Cl)c(Cl)c1F. The summed E-state index contributed by atoms with van der Waals surface area (Å²) in [7, 11) is 1.32. The first-order valence-corrected chi connectivity index (χ1v) is 4.08. The van der Waals surface area contributed by atoms with Crippen molar-refractivity contribution < 1.29 is 9.13 Å². The van der Waals surface area contributed by atoms with Crippen LogP contribution in [-0.4, -0.2) is 7.11 Å². The number of hydrogen-bond donors (Lipinski definition) is 0. The number of hydrogen-bond acceptors (Lipinski definition) is 1. The summed E-state index contributed by atoms with van der Waals surface area (Å²) in [5.41, 5.74) is 0. The summed E-state index contributed by atoms with van der Waals surface area (Å²) in [5, 5.41) is -0.0578. The van der Waals surface area contributed by atoms with Gasteiger partial charge in [-0.25, -0.2) is 4.39 Å². The van der Waals surface area contributed by atoms with Crippen LogP contribution in [0.15, 0.2) is 6.07 Å². The number of benzene rings is 1. The third-order valence-corrected chi connectivity index (χ3v) is 2.53. The molecule has 0 saturated carbocycles. The summed E-state index contributed by atoms with van der Waals surface area (Å²) in [6.07, 6.45) is 0. The van der Waals surface area contributed by atoms with Crippen molar-refractivity contribution in [3.05, 3.63) is 27.0 Å². The van der Waals surface area contributed by atoms with E-state index in [1.807, 2.05) is 0 Å². The van der Waals surface area contributed by atoms with Gasteiger partial charge in [0.25, 0.3) is 0 Å². The quantitative estimate of drug-likeness (QED) is 0.526. The summed E-state index contributed by atoms with van der Waals surface area (Å²) in [6, 6.07) is 1.27. The first-order valence-electron chi connectivity index (χ1n) is 2.95. The van der Waals surface area contributed by atoms with E-state index < -0.39 is 5.82 Å². The molecule has 0 aliphatic carbocycles. The molecule has 12 heavy (non-hydrogen) atoms. The summed E-state index contributed by atoms with van der Waals surface area (Å²) < 4.78 is 17.7. The van der Waals surface area contributed by atoms with Gasteiger partial charge in [-0.05, 0) is 0 Å². The fraction of sp³-hybridized carbons (Fsp3) is 0.143. The van der Waals surface area contributed by atoms with E-state index in [1.54, 1.807) is 0 Å². The molecule has 0 spiro atoms. The van der Waals surface area contributed by atoms with E-state index in [0.29, 0.717) is 0 Å². The first-order chi connectivity index (χ1) is 5.57. The Morgan fingerprint density at radius 2 is 1.83 bits per heavy atom. The van der Waals surface area contributed by atoms with Crippen LogP contribution in [0.5, 0.6) is 5.75 Å². The molecule has 1 aromatic carbocycles. The van der Waals surface area contributed by atoms with E-state index in [9.17, 15) is 4.39 Å². The van der Waals surface area contributed by atoms with E-state index in [-0.39, 0.29) is 20.8 Å². The van der Waals surface area contributed by atoms with Crippen molar-refractivity contribution in [1.29, 1.82) is 0 Å². The lowest BCUT2D eigenvalue weighted by Gasteiger charge is -2.05. The molecule has 1 rings (SSSR count). The molecule has 1 aromatic rings. The maximum absolute atomic E-state index is 13.0. The lowest BCUT2D eigenvalue weighted by molar-refractivity contribution is 0.387. The molecule has 0 N–H and O–H groups in total. The lowest BCUT2D eigenvalue weighted by Crippen LogP contribution is -1.89. The third-order valence-electron chi connectivity index (χ3n) is 1.29. The van der Waals surface area contributed by atoms with Crippen LogP contribution in [0.3, 0.4) is 0 Å². The second kappa shape index (κ2) is 3.69. The molecule has 0 aliphatic heterocycles. The van der Waals surface area contributed by atoms with Gasteiger partial charge in [0.1, 0.15) is 5.02 Å². The molecule has 0 amide bonds. The van der Waals surface area contributed by atoms with Crippen molar-refractivity contribution in [2.45, 2.75) is 0 Å². The Hall–Kier alpha value is -0.180. The molecule has 0 atom stereocenters. The average molecular weight is 229 g/mol. The molecule has 0 heterocycles. The number of rotatable bonds is 1. The molecular weight excluding hydrogens is 225 g/mol. The Morgan fingerprint density at radius 1 is 1.25 bits per heavy atom. The Morgan fingerprint density at radius 3 is 2.33 bits per heavy atom. The molecule has 0 aromatic heterocycles. The van der Waals surface area contributed by atoms with Gasteiger partial charge < -0.3 is 4.74 Å². The van der Waals surface area contributed by atoms with Crippen LogP contribution in [-0.2, 0) is 0 Å². The summed E-state index contributed by atoms with van der Waals surface area (Å²) in [4.78, 5) is 0. The molecule has 1 nitrogen and oxygen atoms in total. The van der Waals surface area contributed by atoms with Crippen LogP contribution in [0, 0.1) is 5.82 Å². The summed E-state index contributed by atoms with van der Waals surface area (Å²) in [6.45, 7) is 0. The van der Waals surface area contributed by atoms with Crippen molar-refractivity contribution in [2.24, 2.45) is 0 Å². The summed E-state index contributed by atoms with van der Waals surface area (Å²) in [5.74, 6) is -0.719. The van der Waals surface area contributed by atoms with Crippen molar-refractivity contribution in [2.75, 3.05) is 7.11 Å². The van der Waals surface area contributed by atoms with Crippen LogP contribution >= 0.6 is 34.8 Å². The van der Waals surface area contributed by atoms with Gasteiger partial charge in [-0.1, -0.05) is 34.8 Å². The second-order valence-electron chi connectivity index (χ2n) is 2.00. The van der Waals surface area contributed by atoms with Crippen molar-refractivity contribution in [1.82, 2.24) is 0 Å². The highest BCUT2D eigenvalue weighted by Gasteiger charge is 2.14. The molecule has 0 fully saturated rings. The fourth-order valence-corrected chi connectivity index (χ4v) is 1.27. The van der Waals surface area contributed by atoms with Gasteiger partial charge in [0.15, 0.2) is 11.6 Å².